The van der Waals surface area contributed by atoms with Crippen molar-refractivity contribution in [3.8, 4) is 5.75 Å². The average Bonchev–Trinajstić information content (AvgIpc) is 2.30. The summed E-state index contributed by atoms with van der Waals surface area (Å²) < 4.78 is 18.6. The van der Waals surface area contributed by atoms with E-state index in [1.807, 2.05) is 7.05 Å². The van der Waals surface area contributed by atoms with Gasteiger partial charge in [-0.2, -0.15) is 0 Å². The van der Waals surface area contributed by atoms with Gasteiger partial charge in [0.2, 0.25) is 0 Å². The molecule has 0 aliphatic rings. The summed E-state index contributed by atoms with van der Waals surface area (Å²) in [4.78, 5) is 0. The molecule has 2 N–H and O–H groups in total. The number of hydrogen-bond acceptors (Lipinski definition) is 3. The molecule has 0 bridgehead atoms. The van der Waals surface area contributed by atoms with Crippen molar-refractivity contribution in [3.05, 3.63) is 29.6 Å². The first-order valence-electron chi connectivity index (χ1n) is 5.46. The van der Waals surface area contributed by atoms with E-state index < -0.39 is 0 Å². The molecule has 0 fully saturated rings. The lowest BCUT2D eigenvalue weighted by molar-refractivity contribution is 0.401. The molecule has 0 amide bonds. The molecule has 0 saturated carbocycles. The highest BCUT2D eigenvalue weighted by molar-refractivity contribution is 5.34. The molecule has 0 spiro atoms. The van der Waals surface area contributed by atoms with E-state index in [-0.39, 0.29) is 5.82 Å². The lowest BCUT2D eigenvalue weighted by Crippen LogP contribution is -2.20. The second-order valence-corrected chi connectivity index (χ2v) is 3.55. The molecule has 1 rings (SSSR count). The third kappa shape index (κ3) is 3.79. The highest BCUT2D eigenvalue weighted by atomic mass is 19.1. The summed E-state index contributed by atoms with van der Waals surface area (Å²) in [5.41, 5.74) is 0.592. The Morgan fingerprint density at radius 1 is 1.31 bits per heavy atom. The maximum absolute atomic E-state index is 13.5. The minimum atomic E-state index is -0.222. The highest BCUT2D eigenvalue weighted by Gasteiger charge is 2.07. The van der Waals surface area contributed by atoms with Crippen LogP contribution in [0.3, 0.4) is 0 Å². The van der Waals surface area contributed by atoms with E-state index in [9.17, 15) is 4.39 Å². The summed E-state index contributed by atoms with van der Waals surface area (Å²) in [6, 6.07) is 4.87. The summed E-state index contributed by atoms with van der Waals surface area (Å²) in [5, 5.41) is 6.25. The summed E-state index contributed by atoms with van der Waals surface area (Å²) in [5.74, 6) is 0.376. The molecule has 4 heteroatoms. The smallest absolute Gasteiger partial charge is 0.131 e. The van der Waals surface area contributed by atoms with Crippen molar-refractivity contribution in [2.45, 2.75) is 13.0 Å². The molecule has 3 nitrogen and oxygen atoms in total. The van der Waals surface area contributed by atoms with E-state index in [1.54, 1.807) is 19.2 Å². The van der Waals surface area contributed by atoms with Gasteiger partial charge in [0.15, 0.2) is 0 Å². The normalized spacial score (nSPS) is 10.4. The summed E-state index contributed by atoms with van der Waals surface area (Å²) in [6.45, 7) is 2.32. The van der Waals surface area contributed by atoms with E-state index in [2.05, 4.69) is 10.6 Å². The third-order valence-corrected chi connectivity index (χ3v) is 2.38. The molecule has 0 radical (unpaired) electrons. The van der Waals surface area contributed by atoms with Crippen molar-refractivity contribution in [1.82, 2.24) is 10.6 Å². The van der Waals surface area contributed by atoms with Crippen molar-refractivity contribution in [1.29, 1.82) is 0 Å². The maximum atomic E-state index is 13.5. The highest BCUT2D eigenvalue weighted by Crippen LogP contribution is 2.20. The molecule has 0 heterocycles. The van der Waals surface area contributed by atoms with Gasteiger partial charge in [0.1, 0.15) is 11.6 Å². The number of halogens is 1. The summed E-state index contributed by atoms with van der Waals surface area (Å²) in [6.07, 6.45) is 1.02. The lowest BCUT2D eigenvalue weighted by Gasteiger charge is -2.10. The van der Waals surface area contributed by atoms with Crippen molar-refractivity contribution < 1.29 is 9.13 Å². The van der Waals surface area contributed by atoms with Crippen LogP contribution in [-0.4, -0.2) is 27.2 Å². The third-order valence-electron chi connectivity index (χ3n) is 2.38. The molecule has 0 saturated heterocycles. The molecule has 0 aliphatic carbocycles. The molecule has 0 unspecified atom stereocenters. The van der Waals surface area contributed by atoms with Crippen LogP contribution in [0.25, 0.3) is 0 Å². The van der Waals surface area contributed by atoms with Gasteiger partial charge >= 0.3 is 0 Å². The number of nitrogens with one attached hydrogen (secondary N) is 2. The van der Waals surface area contributed by atoms with Gasteiger partial charge in [0.25, 0.3) is 0 Å². The van der Waals surface area contributed by atoms with Crippen LogP contribution in [0.2, 0.25) is 0 Å². The number of rotatable bonds is 7. The minimum absolute atomic E-state index is 0.222. The zero-order valence-electron chi connectivity index (χ0n) is 9.85. The molecule has 0 atom stereocenters. The Labute approximate surface area is 96.0 Å². The fourth-order valence-corrected chi connectivity index (χ4v) is 1.51. The van der Waals surface area contributed by atoms with Crippen molar-refractivity contribution >= 4 is 0 Å². The second-order valence-electron chi connectivity index (χ2n) is 3.55. The van der Waals surface area contributed by atoms with Gasteiger partial charge in [-0.25, -0.2) is 4.39 Å². The molecular formula is C12H19FN2O. The average molecular weight is 226 g/mol. The van der Waals surface area contributed by atoms with E-state index in [0.29, 0.717) is 17.9 Å². The Morgan fingerprint density at radius 3 is 2.81 bits per heavy atom. The number of hydrogen-bond donors (Lipinski definition) is 2. The van der Waals surface area contributed by atoms with Crippen LogP contribution >= 0.6 is 0 Å². The Kier molecular flexibility index (Phi) is 5.82. The molecule has 0 aliphatic heterocycles. The van der Waals surface area contributed by atoms with Crippen LogP contribution in [0.1, 0.15) is 12.0 Å². The predicted octanol–water partition coefficient (Wildman–Crippen LogP) is 1.53. The van der Waals surface area contributed by atoms with Gasteiger partial charge in [-0.3, -0.25) is 0 Å². The van der Waals surface area contributed by atoms with Gasteiger partial charge in [0.05, 0.1) is 7.11 Å². The molecule has 0 aromatic heterocycles. The number of methoxy groups -OCH3 is 1. The SMILES string of the molecule is CNCCCNCc1c(F)cccc1OC. The van der Waals surface area contributed by atoms with Crippen LogP contribution in [0, 0.1) is 5.82 Å². The molecule has 16 heavy (non-hydrogen) atoms. The maximum Gasteiger partial charge on any atom is 0.131 e. The molecule has 1 aromatic rings. The van der Waals surface area contributed by atoms with Crippen LogP contribution < -0.4 is 15.4 Å². The second kappa shape index (κ2) is 7.19. The first-order chi connectivity index (χ1) is 7.79. The topological polar surface area (TPSA) is 33.3 Å². The van der Waals surface area contributed by atoms with Gasteiger partial charge in [0, 0.05) is 12.1 Å². The first-order valence-corrected chi connectivity index (χ1v) is 5.46. The molecule has 1 aromatic carbocycles. The van der Waals surface area contributed by atoms with Crippen molar-refractivity contribution in [2.75, 3.05) is 27.2 Å². The summed E-state index contributed by atoms with van der Waals surface area (Å²) >= 11 is 0. The number of benzene rings is 1. The van der Waals surface area contributed by atoms with Crippen LogP contribution in [0.15, 0.2) is 18.2 Å². The fraction of sp³-hybridized carbons (Fsp3) is 0.500. The Hall–Kier alpha value is -1.13. The van der Waals surface area contributed by atoms with Gasteiger partial charge in [-0.15, -0.1) is 0 Å². The lowest BCUT2D eigenvalue weighted by atomic mass is 10.2. The zero-order valence-corrected chi connectivity index (χ0v) is 9.85. The monoisotopic (exact) mass is 226 g/mol. The molecule has 90 valence electrons. The first kappa shape index (κ1) is 12.9. The molecular weight excluding hydrogens is 207 g/mol. The summed E-state index contributed by atoms with van der Waals surface area (Å²) in [7, 11) is 3.47. The Morgan fingerprint density at radius 2 is 2.12 bits per heavy atom. The standard InChI is InChI=1S/C12H19FN2O/c1-14-7-4-8-15-9-10-11(13)5-3-6-12(10)16-2/h3,5-6,14-15H,4,7-9H2,1-2H3. The predicted molar refractivity (Wildman–Crippen MR) is 63.2 cm³/mol. The van der Waals surface area contributed by atoms with Gasteiger partial charge < -0.3 is 15.4 Å². The van der Waals surface area contributed by atoms with Crippen LogP contribution in [0.4, 0.5) is 4.39 Å². The Balaban J connectivity index is 2.46. The zero-order chi connectivity index (χ0) is 11.8. The van der Waals surface area contributed by atoms with Gasteiger partial charge in [-0.1, -0.05) is 6.07 Å². The van der Waals surface area contributed by atoms with E-state index in [0.717, 1.165) is 19.5 Å². The van der Waals surface area contributed by atoms with E-state index >= 15 is 0 Å². The number of ether oxygens (including phenoxy) is 1. The van der Waals surface area contributed by atoms with Crippen molar-refractivity contribution in [3.63, 3.8) is 0 Å². The fourth-order valence-electron chi connectivity index (χ4n) is 1.51. The quantitative estimate of drug-likeness (QED) is 0.692. The van der Waals surface area contributed by atoms with Gasteiger partial charge in [-0.05, 0) is 38.7 Å². The van der Waals surface area contributed by atoms with Crippen LogP contribution in [-0.2, 0) is 6.54 Å². The van der Waals surface area contributed by atoms with Crippen molar-refractivity contribution in [2.24, 2.45) is 0 Å². The van der Waals surface area contributed by atoms with Crippen LogP contribution in [0.5, 0.6) is 5.75 Å². The Bertz CT molecular complexity index is 318. The minimum Gasteiger partial charge on any atom is -0.496 e. The van der Waals surface area contributed by atoms with E-state index in [4.69, 9.17) is 4.74 Å². The largest absolute Gasteiger partial charge is 0.496 e. The van der Waals surface area contributed by atoms with E-state index in [1.165, 1.54) is 6.07 Å².